The lowest BCUT2D eigenvalue weighted by atomic mass is 10.1. The van der Waals surface area contributed by atoms with Gasteiger partial charge in [0.2, 0.25) is 5.91 Å². The van der Waals surface area contributed by atoms with Crippen molar-refractivity contribution in [1.29, 1.82) is 0 Å². The number of oxime groups is 1. The number of rotatable bonds is 7. The number of nitrogens with zero attached hydrogens (tertiary/aromatic N) is 5. The van der Waals surface area contributed by atoms with Crippen LogP contribution in [0, 0.1) is 12.8 Å². The molecule has 3 heterocycles. The van der Waals surface area contributed by atoms with Crippen LogP contribution in [0.1, 0.15) is 31.0 Å². The van der Waals surface area contributed by atoms with Gasteiger partial charge in [0, 0.05) is 17.8 Å². The molecule has 1 aliphatic carbocycles. The maximum absolute atomic E-state index is 13.1. The largest absolute Gasteiger partial charge is 0.411 e. The second-order valence-electron chi connectivity index (χ2n) is 7.45. The number of alkyl halides is 1. The summed E-state index contributed by atoms with van der Waals surface area (Å²) in [7, 11) is 0. The Hall–Kier alpha value is -3.95. The molecular formula is C22H22FN7O2. The molecular weight excluding hydrogens is 413 g/mol. The summed E-state index contributed by atoms with van der Waals surface area (Å²) in [6, 6.07) is 7.07. The van der Waals surface area contributed by atoms with E-state index in [4.69, 9.17) is 5.21 Å². The summed E-state index contributed by atoms with van der Waals surface area (Å²) < 4.78 is 13.1. The van der Waals surface area contributed by atoms with Gasteiger partial charge in [-0.3, -0.25) is 9.78 Å². The van der Waals surface area contributed by atoms with Gasteiger partial charge in [-0.1, -0.05) is 12.1 Å². The van der Waals surface area contributed by atoms with E-state index >= 15 is 0 Å². The van der Waals surface area contributed by atoms with Crippen molar-refractivity contribution in [3.05, 3.63) is 54.2 Å². The Balaban J connectivity index is 1.59. The molecule has 3 aromatic heterocycles. The zero-order chi connectivity index (χ0) is 22.7. The molecule has 0 spiro atoms. The van der Waals surface area contributed by atoms with Gasteiger partial charge >= 0.3 is 0 Å². The van der Waals surface area contributed by atoms with Gasteiger partial charge < -0.3 is 15.8 Å². The summed E-state index contributed by atoms with van der Waals surface area (Å²) in [6.45, 7) is 3.80. The lowest BCUT2D eigenvalue weighted by Gasteiger charge is -2.13. The molecule has 3 N–H and O–H groups in total. The molecule has 10 heteroatoms. The van der Waals surface area contributed by atoms with E-state index in [0.29, 0.717) is 40.7 Å². The summed E-state index contributed by atoms with van der Waals surface area (Å²) in [5, 5.41) is 18.3. The lowest BCUT2D eigenvalue weighted by molar-refractivity contribution is -0.117. The first kappa shape index (κ1) is 21.3. The first-order valence-corrected chi connectivity index (χ1v) is 10.2. The van der Waals surface area contributed by atoms with Gasteiger partial charge in [-0.25, -0.2) is 19.3 Å². The number of carbonyl (C=O) groups is 1. The van der Waals surface area contributed by atoms with E-state index in [2.05, 4.69) is 35.7 Å². The Morgan fingerprint density at radius 3 is 2.78 bits per heavy atom. The van der Waals surface area contributed by atoms with Gasteiger partial charge in [0.1, 0.15) is 29.8 Å². The predicted octanol–water partition coefficient (Wildman–Crippen LogP) is 3.87. The molecule has 0 bridgehead atoms. The van der Waals surface area contributed by atoms with Gasteiger partial charge in [0.15, 0.2) is 0 Å². The molecule has 9 nitrogen and oxygen atoms in total. The Morgan fingerprint density at radius 2 is 2.09 bits per heavy atom. The third-order valence-corrected chi connectivity index (χ3v) is 5.17. The molecule has 32 heavy (non-hydrogen) atoms. The molecule has 164 valence electrons. The first-order chi connectivity index (χ1) is 15.5. The topological polar surface area (TPSA) is 125 Å². The molecule has 1 saturated carbocycles. The van der Waals surface area contributed by atoms with Crippen molar-refractivity contribution in [2.75, 3.05) is 10.6 Å². The average Bonchev–Trinajstić information content (AvgIpc) is 3.54. The summed E-state index contributed by atoms with van der Waals surface area (Å²) >= 11 is 0. The number of carbonyl (C=O) groups excluding carboxylic acids is 1. The van der Waals surface area contributed by atoms with E-state index in [1.54, 1.807) is 24.5 Å². The van der Waals surface area contributed by atoms with E-state index < -0.39 is 12.1 Å². The Bertz CT molecular complexity index is 1180. The predicted molar refractivity (Wildman–Crippen MR) is 118 cm³/mol. The fourth-order valence-corrected chi connectivity index (χ4v) is 3.21. The number of hydrogen-bond donors (Lipinski definition) is 3. The van der Waals surface area contributed by atoms with E-state index in [-0.39, 0.29) is 12.3 Å². The van der Waals surface area contributed by atoms with Crippen LogP contribution in [0.3, 0.4) is 0 Å². The van der Waals surface area contributed by atoms with Crippen LogP contribution in [0.4, 0.5) is 21.7 Å². The second-order valence-corrected chi connectivity index (χ2v) is 7.45. The summed E-state index contributed by atoms with van der Waals surface area (Å²) in [6.07, 6.45) is 4.36. The standard InChI is InChI=1S/C22H22FN7O2/c1-3-16(30-32)18-7-12(2)19(10-25-18)28-21-13(5-4-6-24-21)17-9-20(27-11-26-17)29-22(31)14-8-15(14)23/h4-7,9-11,14-15,32H,3,8H2,1-2H3,(H,24,28)(H,26,27,29,31)/b30-16-. The van der Waals surface area contributed by atoms with Gasteiger partial charge in [-0.05, 0) is 43.5 Å². The first-order valence-electron chi connectivity index (χ1n) is 10.2. The molecule has 0 aromatic carbocycles. The van der Waals surface area contributed by atoms with Crippen LogP contribution in [0.15, 0.2) is 48.1 Å². The highest BCUT2D eigenvalue weighted by Crippen LogP contribution is 2.35. The number of aryl methyl sites for hydroxylation is 1. The van der Waals surface area contributed by atoms with Crippen LogP contribution < -0.4 is 10.6 Å². The highest BCUT2D eigenvalue weighted by atomic mass is 19.1. The van der Waals surface area contributed by atoms with Crippen LogP contribution >= 0.6 is 0 Å². The minimum Gasteiger partial charge on any atom is -0.411 e. The Kier molecular flexibility index (Phi) is 6.02. The van der Waals surface area contributed by atoms with Crippen molar-refractivity contribution in [3.63, 3.8) is 0 Å². The average molecular weight is 435 g/mol. The van der Waals surface area contributed by atoms with E-state index in [9.17, 15) is 9.18 Å². The molecule has 0 radical (unpaired) electrons. The van der Waals surface area contributed by atoms with Crippen LogP contribution in [-0.2, 0) is 4.79 Å². The van der Waals surface area contributed by atoms with Gasteiger partial charge in [0.25, 0.3) is 0 Å². The van der Waals surface area contributed by atoms with Crippen molar-refractivity contribution < 1.29 is 14.4 Å². The van der Waals surface area contributed by atoms with Crippen LogP contribution in [0.5, 0.6) is 0 Å². The summed E-state index contributed by atoms with van der Waals surface area (Å²) in [5.74, 6) is -0.150. The summed E-state index contributed by atoms with van der Waals surface area (Å²) in [4.78, 5) is 29.2. The van der Waals surface area contributed by atoms with Gasteiger partial charge in [-0.2, -0.15) is 0 Å². The number of nitrogens with one attached hydrogen (secondary N) is 2. The highest BCUT2D eigenvalue weighted by Gasteiger charge is 2.43. The van der Waals surface area contributed by atoms with Crippen molar-refractivity contribution in [1.82, 2.24) is 19.9 Å². The molecule has 0 aliphatic heterocycles. The number of amides is 1. The second kappa shape index (κ2) is 9.04. The van der Waals surface area contributed by atoms with Crippen molar-refractivity contribution in [2.45, 2.75) is 32.9 Å². The van der Waals surface area contributed by atoms with Crippen LogP contribution in [0.25, 0.3) is 11.3 Å². The highest BCUT2D eigenvalue weighted by molar-refractivity contribution is 5.98. The summed E-state index contributed by atoms with van der Waals surface area (Å²) in [5.41, 5.74) is 3.95. The van der Waals surface area contributed by atoms with Crippen LogP contribution in [0.2, 0.25) is 0 Å². The third kappa shape index (κ3) is 4.53. The monoisotopic (exact) mass is 435 g/mol. The maximum Gasteiger partial charge on any atom is 0.231 e. The van der Waals surface area contributed by atoms with E-state index in [1.807, 2.05) is 26.0 Å². The molecule has 4 rings (SSSR count). The number of hydrogen-bond acceptors (Lipinski definition) is 8. The van der Waals surface area contributed by atoms with E-state index in [0.717, 1.165) is 11.3 Å². The van der Waals surface area contributed by atoms with Gasteiger partial charge in [-0.15, -0.1) is 0 Å². The Labute approximate surface area is 183 Å². The molecule has 1 aliphatic rings. The normalized spacial score (nSPS) is 17.7. The Morgan fingerprint density at radius 1 is 1.28 bits per heavy atom. The minimum atomic E-state index is -1.08. The van der Waals surface area contributed by atoms with E-state index in [1.165, 1.54) is 6.33 Å². The molecule has 2 atom stereocenters. The van der Waals surface area contributed by atoms with Crippen LogP contribution in [-0.4, -0.2) is 42.9 Å². The lowest BCUT2D eigenvalue weighted by Crippen LogP contribution is -2.16. The molecule has 1 amide bonds. The third-order valence-electron chi connectivity index (χ3n) is 5.17. The minimum absolute atomic E-state index is 0.247. The fraction of sp³-hybridized carbons (Fsp3) is 0.273. The van der Waals surface area contributed by atoms with Gasteiger partial charge in [0.05, 0.1) is 29.2 Å². The van der Waals surface area contributed by atoms with Crippen molar-refractivity contribution in [2.24, 2.45) is 11.1 Å². The molecule has 0 saturated heterocycles. The number of halogens is 1. The number of pyridine rings is 2. The quantitative estimate of drug-likeness (QED) is 0.292. The zero-order valence-electron chi connectivity index (χ0n) is 17.6. The van der Waals surface area contributed by atoms with Crippen molar-refractivity contribution >= 4 is 28.9 Å². The smallest absolute Gasteiger partial charge is 0.231 e. The number of anilines is 3. The van der Waals surface area contributed by atoms with Crippen molar-refractivity contribution in [3.8, 4) is 11.3 Å². The number of aromatic nitrogens is 4. The fourth-order valence-electron chi connectivity index (χ4n) is 3.21. The molecule has 3 aromatic rings. The molecule has 2 unspecified atom stereocenters. The maximum atomic E-state index is 13.1. The SMILES string of the molecule is CC/C(=N/O)c1cc(C)c(Nc2ncccc2-c2cc(NC(=O)C3CC3F)ncn2)cn1. The zero-order valence-corrected chi connectivity index (χ0v) is 17.6. The molecule has 1 fully saturated rings.